The summed E-state index contributed by atoms with van der Waals surface area (Å²) in [5.41, 5.74) is 0.357. The van der Waals surface area contributed by atoms with Crippen LogP contribution in [0.25, 0.3) is 10.8 Å². The third kappa shape index (κ3) is 3.37. The largest absolute Gasteiger partial charge is 0.480 e. The van der Waals surface area contributed by atoms with Gasteiger partial charge in [-0.25, -0.2) is 9.21 Å². The standard InChI is InChI=1S/C16H16ClNO4/c1-2-22-10-14(16(20)21)18(17)15(19)13-9-5-7-11-6-3-4-8-12(11)13/h3-9,14H,2,10H2,1H3,(H,20,21). The molecule has 0 saturated heterocycles. The molecule has 0 aliphatic heterocycles. The number of amides is 1. The molecule has 2 rings (SSSR count). The molecule has 0 aromatic heterocycles. The van der Waals surface area contributed by atoms with Crippen molar-refractivity contribution in [1.82, 2.24) is 4.42 Å². The summed E-state index contributed by atoms with van der Waals surface area (Å²) in [5, 5.41) is 10.8. The number of carbonyl (C=O) groups excluding carboxylic acids is 1. The van der Waals surface area contributed by atoms with Gasteiger partial charge in [0.2, 0.25) is 0 Å². The van der Waals surface area contributed by atoms with Gasteiger partial charge in [-0.15, -0.1) is 0 Å². The van der Waals surface area contributed by atoms with Gasteiger partial charge in [-0.2, -0.15) is 0 Å². The lowest BCUT2D eigenvalue weighted by molar-refractivity contribution is -0.142. The number of ether oxygens (including phenoxy) is 1. The molecule has 6 heteroatoms. The number of nitrogens with zero attached hydrogens (tertiary/aromatic N) is 1. The zero-order chi connectivity index (χ0) is 16.1. The number of aliphatic carboxylic acids is 1. The molecule has 0 spiro atoms. The number of fused-ring (bicyclic) bond motifs is 1. The minimum absolute atomic E-state index is 0.161. The van der Waals surface area contributed by atoms with Crippen LogP contribution in [0.1, 0.15) is 17.3 Å². The molecule has 0 aliphatic rings. The van der Waals surface area contributed by atoms with Gasteiger partial charge in [0.15, 0.2) is 6.04 Å². The molecule has 1 amide bonds. The van der Waals surface area contributed by atoms with Crippen LogP contribution in [0, 0.1) is 0 Å². The molecule has 0 bridgehead atoms. The Balaban J connectivity index is 2.34. The summed E-state index contributed by atoms with van der Waals surface area (Å²) in [4.78, 5) is 23.8. The van der Waals surface area contributed by atoms with E-state index in [1.54, 1.807) is 25.1 Å². The third-order valence-electron chi connectivity index (χ3n) is 3.25. The van der Waals surface area contributed by atoms with Gasteiger partial charge in [-0.3, -0.25) is 4.79 Å². The monoisotopic (exact) mass is 321 g/mol. The fourth-order valence-electron chi connectivity index (χ4n) is 2.13. The number of carbonyl (C=O) groups is 2. The molecule has 5 nitrogen and oxygen atoms in total. The van der Waals surface area contributed by atoms with Crippen molar-refractivity contribution in [3.63, 3.8) is 0 Å². The molecule has 2 aromatic rings. The predicted octanol–water partition coefficient (Wildman–Crippen LogP) is 2.93. The van der Waals surface area contributed by atoms with Crippen LogP contribution in [0.4, 0.5) is 0 Å². The fraction of sp³-hybridized carbons (Fsp3) is 0.250. The van der Waals surface area contributed by atoms with E-state index in [9.17, 15) is 14.7 Å². The molecule has 0 radical (unpaired) electrons. The topological polar surface area (TPSA) is 66.8 Å². The smallest absolute Gasteiger partial charge is 0.330 e. The van der Waals surface area contributed by atoms with E-state index in [0.717, 1.165) is 10.8 Å². The van der Waals surface area contributed by atoms with E-state index in [2.05, 4.69) is 0 Å². The van der Waals surface area contributed by atoms with Crippen LogP contribution in [0.2, 0.25) is 0 Å². The lowest BCUT2D eigenvalue weighted by atomic mass is 10.0. The summed E-state index contributed by atoms with van der Waals surface area (Å²) in [6.45, 7) is 1.92. The molecule has 0 fully saturated rings. The first-order valence-electron chi connectivity index (χ1n) is 6.84. The Morgan fingerprint density at radius 1 is 1.23 bits per heavy atom. The number of rotatable bonds is 6. The number of benzene rings is 2. The normalized spacial score (nSPS) is 12.1. The van der Waals surface area contributed by atoms with Crippen molar-refractivity contribution in [3.05, 3.63) is 48.0 Å². The van der Waals surface area contributed by atoms with Crippen LogP contribution in [-0.2, 0) is 9.53 Å². The zero-order valence-electron chi connectivity index (χ0n) is 12.0. The molecule has 0 aliphatic carbocycles. The Bertz CT molecular complexity index is 683. The lowest BCUT2D eigenvalue weighted by Crippen LogP contribution is -2.42. The van der Waals surface area contributed by atoms with Crippen LogP contribution in [0.5, 0.6) is 0 Å². The highest BCUT2D eigenvalue weighted by molar-refractivity contribution is 6.27. The summed E-state index contributed by atoms with van der Waals surface area (Å²) in [7, 11) is 0. The molecule has 0 saturated carbocycles. The van der Waals surface area contributed by atoms with Gasteiger partial charge in [0.1, 0.15) is 0 Å². The highest BCUT2D eigenvalue weighted by atomic mass is 35.5. The van der Waals surface area contributed by atoms with Gasteiger partial charge < -0.3 is 9.84 Å². The molecule has 2 aromatic carbocycles. The lowest BCUT2D eigenvalue weighted by Gasteiger charge is -2.22. The van der Waals surface area contributed by atoms with E-state index in [4.69, 9.17) is 16.5 Å². The first-order valence-corrected chi connectivity index (χ1v) is 7.17. The third-order valence-corrected chi connectivity index (χ3v) is 3.64. The Labute approximate surface area is 133 Å². The van der Waals surface area contributed by atoms with Crippen molar-refractivity contribution >= 4 is 34.4 Å². The highest BCUT2D eigenvalue weighted by Gasteiger charge is 2.30. The number of carboxylic acid groups (broad SMARTS) is 1. The van der Waals surface area contributed by atoms with Gasteiger partial charge in [0.05, 0.1) is 6.61 Å². The van der Waals surface area contributed by atoms with Crippen molar-refractivity contribution in [2.75, 3.05) is 13.2 Å². The first kappa shape index (κ1) is 16.3. The van der Waals surface area contributed by atoms with Crippen molar-refractivity contribution in [3.8, 4) is 0 Å². The SMILES string of the molecule is CCOCC(C(=O)O)N(Cl)C(=O)c1cccc2ccccc12. The fourth-order valence-corrected chi connectivity index (χ4v) is 2.36. The van der Waals surface area contributed by atoms with E-state index in [1.165, 1.54) is 0 Å². The van der Waals surface area contributed by atoms with Crippen LogP contribution in [0.3, 0.4) is 0 Å². The molecule has 1 atom stereocenters. The highest BCUT2D eigenvalue weighted by Crippen LogP contribution is 2.22. The minimum Gasteiger partial charge on any atom is -0.480 e. The molecule has 1 N–H and O–H groups in total. The first-order chi connectivity index (χ1) is 10.6. The average Bonchev–Trinajstić information content (AvgIpc) is 2.53. The quantitative estimate of drug-likeness (QED) is 0.831. The van der Waals surface area contributed by atoms with Gasteiger partial charge in [-0.1, -0.05) is 36.4 Å². The van der Waals surface area contributed by atoms with E-state index >= 15 is 0 Å². The van der Waals surface area contributed by atoms with Crippen LogP contribution in [-0.4, -0.2) is 40.7 Å². The predicted molar refractivity (Wildman–Crippen MR) is 83.9 cm³/mol. The van der Waals surface area contributed by atoms with Crippen molar-refractivity contribution < 1.29 is 19.4 Å². The number of hydrogen-bond acceptors (Lipinski definition) is 3. The molecular formula is C16H16ClNO4. The summed E-state index contributed by atoms with van der Waals surface area (Å²) >= 11 is 5.99. The van der Waals surface area contributed by atoms with E-state index in [-0.39, 0.29) is 6.61 Å². The number of carboxylic acids is 1. The van der Waals surface area contributed by atoms with Crippen molar-refractivity contribution in [1.29, 1.82) is 0 Å². The van der Waals surface area contributed by atoms with Crippen LogP contribution in [0.15, 0.2) is 42.5 Å². The summed E-state index contributed by atoms with van der Waals surface area (Å²) in [5.74, 6) is -1.78. The maximum atomic E-state index is 12.5. The second-order valence-electron chi connectivity index (χ2n) is 4.66. The van der Waals surface area contributed by atoms with Gasteiger partial charge in [0, 0.05) is 23.9 Å². The molecule has 1 unspecified atom stereocenters. The van der Waals surface area contributed by atoms with Crippen LogP contribution >= 0.6 is 11.8 Å². The molecule has 116 valence electrons. The van der Waals surface area contributed by atoms with Crippen molar-refractivity contribution in [2.24, 2.45) is 0 Å². The maximum Gasteiger partial charge on any atom is 0.330 e. The van der Waals surface area contributed by atoms with Crippen molar-refractivity contribution in [2.45, 2.75) is 13.0 Å². The van der Waals surface area contributed by atoms with Crippen LogP contribution < -0.4 is 0 Å². The van der Waals surface area contributed by atoms with E-state index in [0.29, 0.717) is 16.6 Å². The van der Waals surface area contributed by atoms with E-state index in [1.807, 2.05) is 24.3 Å². The van der Waals surface area contributed by atoms with Gasteiger partial charge in [-0.05, 0) is 23.8 Å². The summed E-state index contributed by atoms with van der Waals surface area (Å²) < 4.78 is 5.79. The summed E-state index contributed by atoms with van der Waals surface area (Å²) in [6.07, 6.45) is 0. The number of hydrogen-bond donors (Lipinski definition) is 1. The van der Waals surface area contributed by atoms with Gasteiger partial charge in [0.25, 0.3) is 5.91 Å². The Morgan fingerprint density at radius 2 is 1.91 bits per heavy atom. The van der Waals surface area contributed by atoms with E-state index < -0.39 is 17.9 Å². The van der Waals surface area contributed by atoms with Gasteiger partial charge >= 0.3 is 5.97 Å². The molecular weight excluding hydrogens is 306 g/mol. The maximum absolute atomic E-state index is 12.5. The molecule has 22 heavy (non-hydrogen) atoms. The minimum atomic E-state index is -1.24. The Hall–Kier alpha value is -2.11. The Kier molecular flexibility index (Phi) is 5.35. The second kappa shape index (κ2) is 7.24. The molecule has 0 heterocycles. The second-order valence-corrected chi connectivity index (χ2v) is 5.02. The average molecular weight is 322 g/mol. The number of halogens is 1. The zero-order valence-corrected chi connectivity index (χ0v) is 12.8. The summed E-state index contributed by atoms with van der Waals surface area (Å²) in [6, 6.07) is 11.3. The Morgan fingerprint density at radius 3 is 2.59 bits per heavy atom.